The van der Waals surface area contributed by atoms with E-state index in [9.17, 15) is 0 Å². The van der Waals surface area contributed by atoms with E-state index in [-0.39, 0.29) is 0 Å². The van der Waals surface area contributed by atoms with Crippen molar-refractivity contribution in [3.05, 3.63) is 3.14 Å². The molecule has 2 rings (SSSR count). The molecule has 0 bridgehead atoms. The number of fused-ring (bicyclic) bond motifs is 1. The van der Waals surface area contributed by atoms with E-state index < -0.39 is 0 Å². The van der Waals surface area contributed by atoms with Crippen LogP contribution in [0.15, 0.2) is 8.42 Å². The van der Waals surface area contributed by atoms with Crippen molar-refractivity contribution in [2.75, 3.05) is 11.5 Å². The Bertz CT molecular complexity index is 295. The predicted molar refractivity (Wildman–Crippen MR) is 68.3 cm³/mol. The standard InChI is InChI=1S/C8H10S5/c9-8-12-6-7(13-8)11-5-3-1-2-4-10-6/h1-5H2. The first-order chi connectivity index (χ1) is 6.36. The fraction of sp³-hybridized carbons (Fsp3) is 0.625. The van der Waals surface area contributed by atoms with Gasteiger partial charge in [-0.05, 0) is 24.3 Å². The third kappa shape index (κ3) is 2.96. The molecule has 13 heavy (non-hydrogen) atoms. The molecule has 0 spiro atoms. The lowest BCUT2D eigenvalue weighted by atomic mass is 10.3. The van der Waals surface area contributed by atoms with Crippen LogP contribution in [-0.4, -0.2) is 11.5 Å². The van der Waals surface area contributed by atoms with Crippen LogP contribution in [-0.2, 0) is 0 Å². The van der Waals surface area contributed by atoms with Crippen LogP contribution in [0.1, 0.15) is 19.3 Å². The normalized spacial score (nSPS) is 18.5. The van der Waals surface area contributed by atoms with Crippen molar-refractivity contribution in [3.63, 3.8) is 0 Å². The van der Waals surface area contributed by atoms with E-state index in [2.05, 4.69) is 0 Å². The Morgan fingerprint density at radius 2 is 1.38 bits per heavy atom. The van der Waals surface area contributed by atoms with Crippen LogP contribution >= 0.6 is 58.4 Å². The van der Waals surface area contributed by atoms with Gasteiger partial charge in [0, 0.05) is 0 Å². The maximum absolute atomic E-state index is 5.21. The summed E-state index contributed by atoms with van der Waals surface area (Å²) in [5, 5.41) is 0. The first-order valence-electron chi connectivity index (χ1n) is 4.26. The molecular formula is C8H10S5. The van der Waals surface area contributed by atoms with E-state index >= 15 is 0 Å². The van der Waals surface area contributed by atoms with Crippen molar-refractivity contribution < 1.29 is 0 Å². The van der Waals surface area contributed by atoms with Gasteiger partial charge in [-0.1, -0.05) is 18.6 Å². The lowest BCUT2D eigenvalue weighted by Crippen LogP contribution is -1.80. The van der Waals surface area contributed by atoms with E-state index in [0.29, 0.717) is 0 Å². The molecule has 0 amide bonds. The Kier molecular flexibility index (Phi) is 4.17. The number of hydrogen-bond acceptors (Lipinski definition) is 5. The zero-order valence-electron chi connectivity index (χ0n) is 7.08. The minimum atomic E-state index is 1.09. The second-order valence-electron chi connectivity index (χ2n) is 2.79. The van der Waals surface area contributed by atoms with Crippen molar-refractivity contribution in [1.29, 1.82) is 0 Å². The Balaban J connectivity index is 2.21. The van der Waals surface area contributed by atoms with Crippen molar-refractivity contribution in [2.24, 2.45) is 0 Å². The minimum Gasteiger partial charge on any atom is -0.113 e. The van der Waals surface area contributed by atoms with Crippen LogP contribution in [0.5, 0.6) is 0 Å². The van der Waals surface area contributed by atoms with E-state index in [1.165, 1.54) is 39.2 Å². The average molecular weight is 267 g/mol. The fourth-order valence-electron chi connectivity index (χ4n) is 1.14. The molecule has 1 aromatic rings. The number of hydrogen-bond donors (Lipinski definition) is 0. The van der Waals surface area contributed by atoms with Crippen molar-refractivity contribution in [1.82, 2.24) is 0 Å². The van der Waals surface area contributed by atoms with Gasteiger partial charge in [-0.25, -0.2) is 0 Å². The fourth-order valence-corrected chi connectivity index (χ4v) is 7.39. The molecule has 0 aliphatic carbocycles. The van der Waals surface area contributed by atoms with Crippen LogP contribution in [0.25, 0.3) is 0 Å². The van der Waals surface area contributed by atoms with Crippen molar-refractivity contribution >= 4 is 58.4 Å². The third-order valence-electron chi connectivity index (χ3n) is 1.77. The number of thioether (sulfide) groups is 2. The third-order valence-corrected chi connectivity index (χ3v) is 7.53. The molecule has 1 aliphatic rings. The SMILES string of the molecule is S=c1sc2c(s1)SCCCCCS2. The quantitative estimate of drug-likeness (QED) is 0.613. The minimum absolute atomic E-state index is 1.09. The van der Waals surface area contributed by atoms with E-state index in [0.717, 1.165) is 3.14 Å². The van der Waals surface area contributed by atoms with Gasteiger partial charge in [0.15, 0.2) is 0 Å². The average Bonchev–Trinajstić information content (AvgIpc) is 2.46. The lowest BCUT2D eigenvalue weighted by molar-refractivity contribution is 0.787. The summed E-state index contributed by atoms with van der Waals surface area (Å²) in [6, 6.07) is 0. The topological polar surface area (TPSA) is 0 Å². The number of rotatable bonds is 0. The molecule has 0 N–H and O–H groups in total. The van der Waals surface area contributed by atoms with Crippen LogP contribution in [0, 0.1) is 3.14 Å². The molecule has 0 aromatic carbocycles. The lowest BCUT2D eigenvalue weighted by Gasteiger charge is -1.96. The van der Waals surface area contributed by atoms with E-state index in [4.69, 9.17) is 12.2 Å². The van der Waals surface area contributed by atoms with Crippen molar-refractivity contribution in [2.45, 2.75) is 27.7 Å². The van der Waals surface area contributed by atoms with E-state index in [1.807, 2.05) is 23.5 Å². The molecule has 72 valence electrons. The summed E-state index contributed by atoms with van der Waals surface area (Å²) in [6.07, 6.45) is 4.11. The summed E-state index contributed by atoms with van der Waals surface area (Å²) in [5.74, 6) is 2.55. The molecule has 0 radical (unpaired) electrons. The summed E-state index contributed by atoms with van der Waals surface area (Å²) < 4.78 is 4.04. The highest BCUT2D eigenvalue weighted by atomic mass is 32.2. The van der Waals surface area contributed by atoms with E-state index in [1.54, 1.807) is 22.7 Å². The maximum Gasteiger partial charge on any atom is 0.145 e. The molecule has 5 heteroatoms. The smallest absolute Gasteiger partial charge is 0.113 e. The highest BCUT2D eigenvalue weighted by Crippen LogP contribution is 2.42. The van der Waals surface area contributed by atoms with Gasteiger partial charge in [0.1, 0.15) is 3.14 Å². The molecule has 1 aromatic heterocycles. The molecule has 0 saturated carbocycles. The van der Waals surface area contributed by atoms with Gasteiger partial charge < -0.3 is 0 Å². The molecule has 0 atom stereocenters. The van der Waals surface area contributed by atoms with Gasteiger partial charge in [0.2, 0.25) is 0 Å². The van der Waals surface area contributed by atoms with Gasteiger partial charge in [-0.3, -0.25) is 0 Å². The maximum atomic E-state index is 5.21. The Labute approximate surface area is 100 Å². The van der Waals surface area contributed by atoms with Gasteiger partial charge in [0.25, 0.3) is 0 Å². The summed E-state index contributed by atoms with van der Waals surface area (Å²) in [7, 11) is 0. The van der Waals surface area contributed by atoms with Crippen LogP contribution in [0.4, 0.5) is 0 Å². The van der Waals surface area contributed by atoms with Gasteiger partial charge in [-0.15, -0.1) is 46.2 Å². The molecule has 0 fully saturated rings. The molecule has 1 aliphatic heterocycles. The molecular weight excluding hydrogens is 256 g/mol. The molecule has 2 heterocycles. The first-order valence-corrected chi connectivity index (χ1v) is 8.27. The second kappa shape index (κ2) is 5.16. The first kappa shape index (κ1) is 10.5. The summed E-state index contributed by atoms with van der Waals surface area (Å²) in [4.78, 5) is 0. The van der Waals surface area contributed by atoms with Gasteiger partial charge in [-0.2, -0.15) is 0 Å². The zero-order valence-corrected chi connectivity index (χ0v) is 11.2. The van der Waals surface area contributed by atoms with Crippen LogP contribution in [0.2, 0.25) is 0 Å². The summed E-state index contributed by atoms with van der Waals surface area (Å²) >= 11 is 12.8. The highest BCUT2D eigenvalue weighted by Gasteiger charge is 2.10. The molecule has 0 saturated heterocycles. The predicted octanol–water partition coefficient (Wildman–Crippen LogP) is 4.91. The molecule has 0 nitrogen and oxygen atoms in total. The summed E-state index contributed by atoms with van der Waals surface area (Å²) in [5.41, 5.74) is 0. The second-order valence-corrected chi connectivity index (χ2v) is 8.74. The van der Waals surface area contributed by atoms with Gasteiger partial charge >= 0.3 is 0 Å². The van der Waals surface area contributed by atoms with Crippen LogP contribution in [0.3, 0.4) is 0 Å². The Hall–Kier alpha value is 0.970. The zero-order chi connectivity index (χ0) is 9.10. The van der Waals surface area contributed by atoms with Gasteiger partial charge in [0.05, 0.1) is 8.42 Å². The monoisotopic (exact) mass is 266 g/mol. The summed E-state index contributed by atoms with van der Waals surface area (Å²) in [6.45, 7) is 0. The largest absolute Gasteiger partial charge is 0.145 e. The Morgan fingerprint density at radius 3 is 1.92 bits per heavy atom. The van der Waals surface area contributed by atoms with Crippen LogP contribution < -0.4 is 0 Å². The van der Waals surface area contributed by atoms with Crippen molar-refractivity contribution in [3.8, 4) is 0 Å². The molecule has 0 unspecified atom stereocenters. The highest BCUT2D eigenvalue weighted by molar-refractivity contribution is 8.05. The Morgan fingerprint density at radius 1 is 0.846 bits per heavy atom.